The second-order valence-corrected chi connectivity index (χ2v) is 5.67. The van der Waals surface area contributed by atoms with Crippen LogP contribution in [0.4, 0.5) is 19.0 Å². The highest BCUT2D eigenvalue weighted by Gasteiger charge is 2.33. The Morgan fingerprint density at radius 1 is 1.29 bits per heavy atom. The molecule has 1 aromatic carbocycles. The van der Waals surface area contributed by atoms with Gasteiger partial charge in [0.15, 0.2) is 5.82 Å². The van der Waals surface area contributed by atoms with Gasteiger partial charge in [-0.1, -0.05) is 5.92 Å². The van der Waals surface area contributed by atoms with Crippen molar-refractivity contribution in [3.05, 3.63) is 46.3 Å². The van der Waals surface area contributed by atoms with Crippen molar-refractivity contribution >= 4 is 16.7 Å². The van der Waals surface area contributed by atoms with Gasteiger partial charge in [0, 0.05) is 12.4 Å². The number of hydrogen-bond acceptors (Lipinski definition) is 6. The molecule has 0 unspecified atom stereocenters. The number of halogens is 3. The summed E-state index contributed by atoms with van der Waals surface area (Å²) in [5.74, 6) is 2.29. The van der Waals surface area contributed by atoms with Crippen LogP contribution in [0, 0.1) is 19.3 Å². The molecule has 0 fully saturated rings. The maximum atomic E-state index is 13.4. The van der Waals surface area contributed by atoms with Gasteiger partial charge in [0.05, 0.1) is 35.8 Å². The Morgan fingerprint density at radius 2 is 2.00 bits per heavy atom. The average Bonchev–Trinajstić information content (AvgIpc) is 2.65. The van der Waals surface area contributed by atoms with Gasteiger partial charge >= 0.3 is 11.9 Å². The molecule has 28 heavy (non-hydrogen) atoms. The van der Waals surface area contributed by atoms with E-state index in [0.717, 1.165) is 16.7 Å². The predicted molar refractivity (Wildman–Crippen MR) is 96.5 cm³/mol. The molecule has 0 atom stereocenters. The van der Waals surface area contributed by atoms with E-state index in [2.05, 4.69) is 26.2 Å². The van der Waals surface area contributed by atoms with Crippen molar-refractivity contribution in [1.82, 2.24) is 19.5 Å². The van der Waals surface area contributed by atoms with Crippen molar-refractivity contribution in [2.45, 2.75) is 13.1 Å². The number of nitrogens with one attached hydrogen (secondary N) is 1. The third-order valence-electron chi connectivity index (χ3n) is 3.93. The standard InChI is InChI=1S/C18H14F3N5O2/c1-4-5-23-15-14-12(8-11(18(19,20)21)9-13(14)28-3)26(17(27)25-15)16-10(2)22-6-7-24-16/h1,6-9H,5H2,2-3H3,(H,23,25,27). The van der Waals surface area contributed by atoms with E-state index in [1.165, 1.54) is 19.5 Å². The summed E-state index contributed by atoms with van der Waals surface area (Å²) in [6.45, 7) is 1.59. The van der Waals surface area contributed by atoms with Gasteiger partial charge in [0.2, 0.25) is 0 Å². The zero-order chi connectivity index (χ0) is 20.5. The van der Waals surface area contributed by atoms with Crippen LogP contribution in [0.25, 0.3) is 16.7 Å². The number of ether oxygens (including phenoxy) is 1. The number of terminal acetylenes is 1. The quantitative estimate of drug-likeness (QED) is 0.691. The van der Waals surface area contributed by atoms with Gasteiger partial charge in [-0.2, -0.15) is 18.2 Å². The molecule has 3 aromatic rings. The van der Waals surface area contributed by atoms with E-state index >= 15 is 0 Å². The van der Waals surface area contributed by atoms with E-state index in [9.17, 15) is 18.0 Å². The van der Waals surface area contributed by atoms with E-state index in [-0.39, 0.29) is 34.8 Å². The number of anilines is 1. The number of aryl methyl sites for hydroxylation is 1. The van der Waals surface area contributed by atoms with Crippen LogP contribution in [0.5, 0.6) is 5.75 Å². The molecule has 0 aliphatic heterocycles. The Hall–Kier alpha value is -3.61. The van der Waals surface area contributed by atoms with Crippen molar-refractivity contribution in [2.24, 2.45) is 0 Å². The van der Waals surface area contributed by atoms with E-state index in [4.69, 9.17) is 11.2 Å². The molecule has 2 aromatic heterocycles. The minimum Gasteiger partial charge on any atom is -0.496 e. The lowest BCUT2D eigenvalue weighted by atomic mass is 10.1. The highest BCUT2D eigenvalue weighted by atomic mass is 19.4. The van der Waals surface area contributed by atoms with Gasteiger partial charge in [-0.05, 0) is 19.1 Å². The molecular formula is C18H14F3N5O2. The molecule has 2 heterocycles. The fourth-order valence-corrected chi connectivity index (χ4v) is 2.73. The van der Waals surface area contributed by atoms with Gasteiger partial charge in [0.1, 0.15) is 11.6 Å². The monoisotopic (exact) mass is 389 g/mol. The zero-order valence-corrected chi connectivity index (χ0v) is 14.8. The van der Waals surface area contributed by atoms with Crippen molar-refractivity contribution in [2.75, 3.05) is 19.0 Å². The van der Waals surface area contributed by atoms with Gasteiger partial charge < -0.3 is 10.1 Å². The molecule has 0 spiro atoms. The Kier molecular flexibility index (Phi) is 4.92. The molecule has 1 N–H and O–H groups in total. The van der Waals surface area contributed by atoms with Crippen molar-refractivity contribution in [3.63, 3.8) is 0 Å². The predicted octanol–water partition coefficient (Wildman–Crippen LogP) is 2.56. The van der Waals surface area contributed by atoms with Crippen molar-refractivity contribution in [3.8, 4) is 23.9 Å². The third-order valence-corrected chi connectivity index (χ3v) is 3.93. The molecule has 0 saturated carbocycles. The first-order valence-electron chi connectivity index (χ1n) is 7.95. The van der Waals surface area contributed by atoms with Crippen molar-refractivity contribution in [1.29, 1.82) is 0 Å². The van der Waals surface area contributed by atoms with Crippen LogP contribution in [0.1, 0.15) is 11.3 Å². The van der Waals surface area contributed by atoms with Crippen LogP contribution >= 0.6 is 0 Å². The minimum absolute atomic E-state index is 0.0138. The van der Waals surface area contributed by atoms with Crippen LogP contribution in [0.15, 0.2) is 29.3 Å². The van der Waals surface area contributed by atoms with Crippen LogP contribution < -0.4 is 15.7 Å². The molecule has 0 radical (unpaired) electrons. The minimum atomic E-state index is -4.66. The number of nitrogens with zero attached hydrogens (tertiary/aromatic N) is 4. The van der Waals surface area contributed by atoms with Gasteiger partial charge in [-0.3, -0.25) is 4.98 Å². The molecule has 0 amide bonds. The molecule has 0 bridgehead atoms. The maximum Gasteiger partial charge on any atom is 0.416 e. The lowest BCUT2D eigenvalue weighted by Gasteiger charge is -2.18. The number of aromatic nitrogens is 4. The Balaban J connectivity index is 2.50. The Morgan fingerprint density at radius 3 is 2.61 bits per heavy atom. The second kappa shape index (κ2) is 7.19. The fraction of sp³-hybridized carbons (Fsp3) is 0.222. The topological polar surface area (TPSA) is 81.9 Å². The first-order valence-corrected chi connectivity index (χ1v) is 7.95. The van der Waals surface area contributed by atoms with Crippen LogP contribution in [0.3, 0.4) is 0 Å². The third kappa shape index (κ3) is 3.34. The summed E-state index contributed by atoms with van der Waals surface area (Å²) in [7, 11) is 1.23. The highest BCUT2D eigenvalue weighted by molar-refractivity contribution is 5.96. The molecule has 7 nitrogen and oxygen atoms in total. The molecule has 10 heteroatoms. The van der Waals surface area contributed by atoms with Crippen LogP contribution in [-0.4, -0.2) is 33.2 Å². The number of hydrogen-bond donors (Lipinski definition) is 1. The Bertz CT molecular complexity index is 1150. The lowest BCUT2D eigenvalue weighted by molar-refractivity contribution is -0.137. The number of benzene rings is 1. The summed E-state index contributed by atoms with van der Waals surface area (Å²) in [5.41, 5.74) is -1.57. The number of fused-ring (bicyclic) bond motifs is 1. The number of alkyl halides is 3. The van der Waals surface area contributed by atoms with E-state index in [1.54, 1.807) is 6.92 Å². The molecule has 0 aliphatic carbocycles. The van der Waals surface area contributed by atoms with Crippen LogP contribution in [-0.2, 0) is 6.18 Å². The number of rotatable bonds is 4. The SMILES string of the molecule is C#CCNc1nc(=O)n(-c2nccnc2C)c2cc(C(F)(F)F)cc(OC)c12. The lowest BCUT2D eigenvalue weighted by Crippen LogP contribution is -2.26. The van der Waals surface area contributed by atoms with Gasteiger partial charge in [-0.25, -0.2) is 14.3 Å². The maximum absolute atomic E-state index is 13.4. The normalized spacial score (nSPS) is 11.3. The molecule has 3 rings (SSSR count). The zero-order valence-electron chi connectivity index (χ0n) is 14.8. The molecule has 144 valence electrons. The first kappa shape index (κ1) is 19.2. The molecule has 0 saturated heterocycles. The summed E-state index contributed by atoms with van der Waals surface area (Å²) in [5, 5.41) is 2.91. The van der Waals surface area contributed by atoms with Crippen LogP contribution in [0.2, 0.25) is 0 Å². The van der Waals surface area contributed by atoms with E-state index < -0.39 is 17.4 Å². The van der Waals surface area contributed by atoms with Crippen molar-refractivity contribution < 1.29 is 17.9 Å². The summed E-state index contributed by atoms with van der Waals surface area (Å²) in [6.07, 6.45) is 3.31. The van der Waals surface area contributed by atoms with E-state index in [1.807, 2.05) is 0 Å². The van der Waals surface area contributed by atoms with Gasteiger partial charge in [-0.15, -0.1) is 6.42 Å². The summed E-state index contributed by atoms with van der Waals surface area (Å²) >= 11 is 0. The van der Waals surface area contributed by atoms with Gasteiger partial charge in [0.25, 0.3) is 0 Å². The summed E-state index contributed by atoms with van der Waals surface area (Å²) < 4.78 is 46.4. The highest BCUT2D eigenvalue weighted by Crippen LogP contribution is 2.38. The van der Waals surface area contributed by atoms with E-state index in [0.29, 0.717) is 5.69 Å². The smallest absolute Gasteiger partial charge is 0.416 e. The number of methoxy groups -OCH3 is 1. The fourth-order valence-electron chi connectivity index (χ4n) is 2.73. The summed E-state index contributed by atoms with van der Waals surface area (Å²) in [4.78, 5) is 24.8. The largest absolute Gasteiger partial charge is 0.496 e. The molecule has 0 aliphatic rings. The summed E-state index contributed by atoms with van der Waals surface area (Å²) in [6, 6.07) is 1.68. The Labute approximate surface area is 157 Å². The molecular weight excluding hydrogens is 375 g/mol. The second-order valence-electron chi connectivity index (χ2n) is 5.67. The average molecular weight is 389 g/mol. The first-order chi connectivity index (χ1) is 13.3.